The Bertz CT molecular complexity index is 1310. The van der Waals surface area contributed by atoms with Crippen molar-refractivity contribution in [2.24, 2.45) is 7.05 Å². The molecule has 2 aromatic carbocycles. The summed E-state index contributed by atoms with van der Waals surface area (Å²) >= 11 is 0. The van der Waals surface area contributed by atoms with E-state index in [1.807, 2.05) is 38.4 Å². The summed E-state index contributed by atoms with van der Waals surface area (Å²) in [6, 6.07) is 12.4. The minimum absolute atomic E-state index is 0.116. The normalized spacial score (nSPS) is 13.1. The molecule has 2 aromatic heterocycles. The molecule has 0 fully saturated rings. The van der Waals surface area contributed by atoms with E-state index in [0.29, 0.717) is 30.0 Å². The van der Waals surface area contributed by atoms with Gasteiger partial charge in [-0.2, -0.15) is 5.10 Å². The third-order valence-corrected chi connectivity index (χ3v) is 5.53. The average molecular weight is 416 g/mol. The number of benzene rings is 2. The molecule has 5 rings (SSSR count). The second-order valence-corrected chi connectivity index (χ2v) is 7.57. The van der Waals surface area contributed by atoms with Crippen LogP contribution in [-0.4, -0.2) is 32.2 Å². The summed E-state index contributed by atoms with van der Waals surface area (Å²) in [6.07, 6.45) is 3.58. The van der Waals surface area contributed by atoms with Gasteiger partial charge in [0.05, 0.1) is 24.4 Å². The molecule has 0 N–H and O–H groups in total. The largest absolute Gasteiger partial charge is 0.492 e. The molecule has 4 aromatic rings. The molecule has 0 atom stereocenters. The van der Waals surface area contributed by atoms with Crippen molar-refractivity contribution in [1.82, 2.24) is 19.7 Å². The standard InChI is InChI=1S/C24H21FN4O2/c1-3-31-22-9-8-17(19-13-28(2)27-23(19)22)15-6-7-16(20(25)11-15)12-29-14-21-18(24(29)30)5-4-10-26-21/h4-11,13H,3,12,14H2,1-2H3. The van der Waals surface area contributed by atoms with Crippen LogP contribution < -0.4 is 4.74 Å². The van der Waals surface area contributed by atoms with Crippen LogP contribution in [0.2, 0.25) is 0 Å². The van der Waals surface area contributed by atoms with Crippen LogP contribution in [0.15, 0.2) is 54.9 Å². The Hall–Kier alpha value is -3.74. The van der Waals surface area contributed by atoms with Crippen LogP contribution in [0.4, 0.5) is 4.39 Å². The fourth-order valence-electron chi connectivity index (χ4n) is 4.08. The monoisotopic (exact) mass is 416 g/mol. The first-order valence-electron chi connectivity index (χ1n) is 10.2. The van der Waals surface area contributed by atoms with Crippen molar-refractivity contribution in [2.45, 2.75) is 20.0 Å². The van der Waals surface area contributed by atoms with Gasteiger partial charge in [-0.15, -0.1) is 0 Å². The number of aromatic nitrogens is 3. The zero-order valence-corrected chi connectivity index (χ0v) is 17.3. The van der Waals surface area contributed by atoms with E-state index >= 15 is 4.39 Å². The van der Waals surface area contributed by atoms with E-state index in [0.717, 1.165) is 27.7 Å². The highest BCUT2D eigenvalue weighted by Crippen LogP contribution is 2.34. The highest BCUT2D eigenvalue weighted by molar-refractivity contribution is 5.98. The maximum Gasteiger partial charge on any atom is 0.256 e. The summed E-state index contributed by atoms with van der Waals surface area (Å²) < 4.78 is 22.5. The van der Waals surface area contributed by atoms with Gasteiger partial charge in [0, 0.05) is 36.9 Å². The van der Waals surface area contributed by atoms with Crippen molar-refractivity contribution in [2.75, 3.05) is 6.61 Å². The number of pyridine rings is 1. The molecule has 31 heavy (non-hydrogen) atoms. The number of halogens is 1. The molecule has 0 radical (unpaired) electrons. The predicted molar refractivity (Wildman–Crippen MR) is 115 cm³/mol. The van der Waals surface area contributed by atoms with Crippen molar-refractivity contribution in [3.63, 3.8) is 0 Å². The topological polar surface area (TPSA) is 60.2 Å². The van der Waals surface area contributed by atoms with Crippen LogP contribution in [0.3, 0.4) is 0 Å². The van der Waals surface area contributed by atoms with Gasteiger partial charge in [-0.25, -0.2) is 4.39 Å². The van der Waals surface area contributed by atoms with Crippen molar-refractivity contribution in [1.29, 1.82) is 0 Å². The molecule has 0 bridgehead atoms. The minimum atomic E-state index is -0.347. The van der Waals surface area contributed by atoms with Crippen LogP contribution >= 0.6 is 0 Å². The van der Waals surface area contributed by atoms with E-state index in [-0.39, 0.29) is 18.3 Å². The van der Waals surface area contributed by atoms with Gasteiger partial charge in [-0.1, -0.05) is 12.1 Å². The minimum Gasteiger partial charge on any atom is -0.492 e. The highest BCUT2D eigenvalue weighted by Gasteiger charge is 2.28. The first-order valence-corrected chi connectivity index (χ1v) is 10.2. The van der Waals surface area contributed by atoms with Gasteiger partial charge in [0.25, 0.3) is 5.91 Å². The number of ether oxygens (including phenoxy) is 1. The molecule has 7 heteroatoms. The van der Waals surface area contributed by atoms with Crippen molar-refractivity contribution >= 4 is 16.8 Å². The Labute approximate surface area is 178 Å². The summed E-state index contributed by atoms with van der Waals surface area (Å²) in [5.41, 5.74) is 4.18. The zero-order valence-electron chi connectivity index (χ0n) is 17.3. The molecule has 0 aliphatic carbocycles. The summed E-state index contributed by atoms with van der Waals surface area (Å²) in [6.45, 7) is 3.07. The first kappa shape index (κ1) is 19.2. The van der Waals surface area contributed by atoms with Crippen molar-refractivity contribution in [3.8, 4) is 16.9 Å². The van der Waals surface area contributed by atoms with E-state index in [4.69, 9.17) is 4.74 Å². The molecule has 1 aliphatic rings. The molecule has 0 spiro atoms. The number of nitrogens with zero attached hydrogens (tertiary/aromatic N) is 4. The highest BCUT2D eigenvalue weighted by atomic mass is 19.1. The van der Waals surface area contributed by atoms with Crippen molar-refractivity contribution < 1.29 is 13.9 Å². The Balaban J connectivity index is 1.46. The first-order chi connectivity index (χ1) is 15.0. The third-order valence-electron chi connectivity index (χ3n) is 5.53. The average Bonchev–Trinajstić information content (AvgIpc) is 3.30. The lowest BCUT2D eigenvalue weighted by Gasteiger charge is -2.16. The lowest BCUT2D eigenvalue weighted by atomic mass is 9.99. The van der Waals surface area contributed by atoms with E-state index < -0.39 is 0 Å². The molecular weight excluding hydrogens is 395 g/mol. The van der Waals surface area contributed by atoms with Crippen LogP contribution in [0, 0.1) is 5.82 Å². The van der Waals surface area contributed by atoms with Gasteiger partial charge in [-0.05, 0) is 48.4 Å². The Morgan fingerprint density at radius 2 is 2.03 bits per heavy atom. The number of carbonyl (C=O) groups is 1. The van der Waals surface area contributed by atoms with Gasteiger partial charge < -0.3 is 9.64 Å². The number of fused-ring (bicyclic) bond motifs is 2. The van der Waals surface area contributed by atoms with E-state index in [1.54, 1.807) is 34.0 Å². The molecule has 0 unspecified atom stereocenters. The summed E-state index contributed by atoms with van der Waals surface area (Å²) in [4.78, 5) is 18.4. The third kappa shape index (κ3) is 3.32. The SMILES string of the molecule is CCOc1ccc(-c2ccc(CN3Cc4ncccc4C3=O)c(F)c2)c2cn(C)nc12. The van der Waals surface area contributed by atoms with Gasteiger partial charge in [0.15, 0.2) is 0 Å². The maximum atomic E-state index is 15.1. The quantitative estimate of drug-likeness (QED) is 0.486. The van der Waals surface area contributed by atoms with Gasteiger partial charge in [0.2, 0.25) is 0 Å². The Kier molecular flexibility index (Phi) is 4.66. The predicted octanol–water partition coefficient (Wildman–Crippen LogP) is 4.33. The smallest absolute Gasteiger partial charge is 0.256 e. The number of aryl methyl sites for hydroxylation is 1. The summed E-state index contributed by atoms with van der Waals surface area (Å²) in [5, 5.41) is 5.40. The van der Waals surface area contributed by atoms with Crippen LogP contribution in [0.1, 0.15) is 28.5 Å². The zero-order chi connectivity index (χ0) is 21.5. The molecule has 156 valence electrons. The summed E-state index contributed by atoms with van der Waals surface area (Å²) in [5.74, 6) is 0.245. The second-order valence-electron chi connectivity index (χ2n) is 7.57. The maximum absolute atomic E-state index is 15.1. The molecule has 0 saturated carbocycles. The van der Waals surface area contributed by atoms with Gasteiger partial charge in [0.1, 0.15) is 17.1 Å². The number of hydrogen-bond acceptors (Lipinski definition) is 4. The number of hydrogen-bond donors (Lipinski definition) is 0. The molecule has 1 aliphatic heterocycles. The van der Waals surface area contributed by atoms with Crippen LogP contribution in [0.5, 0.6) is 5.75 Å². The van der Waals surface area contributed by atoms with E-state index in [2.05, 4.69) is 10.1 Å². The molecule has 6 nitrogen and oxygen atoms in total. The fraction of sp³-hybridized carbons (Fsp3) is 0.208. The van der Waals surface area contributed by atoms with Gasteiger partial charge in [-0.3, -0.25) is 14.5 Å². The molecule has 0 saturated heterocycles. The number of rotatable bonds is 5. The molecule has 1 amide bonds. The van der Waals surface area contributed by atoms with E-state index in [1.165, 1.54) is 6.07 Å². The van der Waals surface area contributed by atoms with Gasteiger partial charge >= 0.3 is 0 Å². The van der Waals surface area contributed by atoms with E-state index in [9.17, 15) is 4.79 Å². The summed E-state index contributed by atoms with van der Waals surface area (Å²) in [7, 11) is 1.85. The lowest BCUT2D eigenvalue weighted by Crippen LogP contribution is -2.23. The Morgan fingerprint density at radius 1 is 1.16 bits per heavy atom. The molecular formula is C24H21FN4O2. The van der Waals surface area contributed by atoms with Crippen LogP contribution in [0.25, 0.3) is 22.0 Å². The lowest BCUT2D eigenvalue weighted by molar-refractivity contribution is 0.0765. The number of amides is 1. The fourth-order valence-corrected chi connectivity index (χ4v) is 4.08. The molecule has 3 heterocycles. The van der Waals surface area contributed by atoms with Crippen LogP contribution in [-0.2, 0) is 20.1 Å². The van der Waals surface area contributed by atoms with Crippen molar-refractivity contribution in [3.05, 3.63) is 77.5 Å². The second kappa shape index (κ2) is 7.50. The number of carbonyl (C=O) groups excluding carboxylic acids is 1. The Morgan fingerprint density at radius 3 is 2.81 bits per heavy atom.